The lowest BCUT2D eigenvalue weighted by Crippen LogP contribution is -2.29. The molecule has 0 aromatic heterocycles. The van der Waals surface area contributed by atoms with E-state index in [4.69, 9.17) is 5.73 Å². The van der Waals surface area contributed by atoms with E-state index in [1.165, 1.54) is 18.9 Å². The summed E-state index contributed by atoms with van der Waals surface area (Å²) in [5, 5.41) is 3.00. The number of hydrogen-bond acceptors (Lipinski definition) is 5. The highest BCUT2D eigenvalue weighted by Crippen LogP contribution is 2.32. The summed E-state index contributed by atoms with van der Waals surface area (Å²) in [5.74, 6) is 1.19. The molecule has 1 saturated carbocycles. The number of nitrogens with one attached hydrogen (secondary N) is 1. The summed E-state index contributed by atoms with van der Waals surface area (Å²) in [6.07, 6.45) is 3.03. The number of carbonyl (C=O) groups is 2. The summed E-state index contributed by atoms with van der Waals surface area (Å²) < 4.78 is 4.62. The molecule has 0 spiro atoms. The first kappa shape index (κ1) is 17.8. The third-order valence-electron chi connectivity index (χ3n) is 4.21. The second-order valence-corrected chi connectivity index (χ2v) is 6.78. The van der Waals surface area contributed by atoms with E-state index in [9.17, 15) is 9.59 Å². The van der Waals surface area contributed by atoms with E-state index in [0.717, 1.165) is 30.5 Å². The van der Waals surface area contributed by atoms with E-state index in [0.29, 0.717) is 24.0 Å². The number of esters is 1. The Hall–Kier alpha value is -1.53. The highest BCUT2D eigenvalue weighted by molar-refractivity contribution is 7.99. The largest absolute Gasteiger partial charge is 0.468 e. The third-order valence-corrected chi connectivity index (χ3v) is 5.19. The molecule has 0 unspecified atom stereocenters. The van der Waals surface area contributed by atoms with Crippen LogP contribution in [0, 0.1) is 11.8 Å². The zero-order chi connectivity index (χ0) is 16.7. The van der Waals surface area contributed by atoms with Gasteiger partial charge in [-0.1, -0.05) is 18.6 Å². The van der Waals surface area contributed by atoms with Gasteiger partial charge in [0.25, 0.3) is 0 Å². The molecule has 1 aliphatic carbocycles. The predicted molar refractivity (Wildman–Crippen MR) is 93.1 cm³/mol. The van der Waals surface area contributed by atoms with Gasteiger partial charge in [-0.05, 0) is 43.0 Å². The zero-order valence-corrected chi connectivity index (χ0v) is 14.2. The van der Waals surface area contributed by atoms with Crippen molar-refractivity contribution >= 4 is 29.3 Å². The van der Waals surface area contributed by atoms with Gasteiger partial charge in [0, 0.05) is 17.4 Å². The molecule has 3 N–H and O–H groups in total. The number of carbonyl (C=O) groups excluding carboxylic acids is 2. The summed E-state index contributed by atoms with van der Waals surface area (Å²) in [6, 6.07) is 7.74. The SMILES string of the molecule is COC(=O)CSCc1cccc(NC(=O)[C@@H]2CCC[C@@H]2CN)c1. The second-order valence-electron chi connectivity index (χ2n) is 5.79. The van der Waals surface area contributed by atoms with Crippen LogP contribution in [0.15, 0.2) is 24.3 Å². The number of benzene rings is 1. The second kappa shape index (κ2) is 8.93. The van der Waals surface area contributed by atoms with Crippen LogP contribution in [0.3, 0.4) is 0 Å². The Kier molecular flexibility index (Phi) is 6.92. The van der Waals surface area contributed by atoms with Crippen LogP contribution in [-0.4, -0.2) is 31.3 Å². The van der Waals surface area contributed by atoms with E-state index in [1.807, 2.05) is 24.3 Å². The van der Waals surface area contributed by atoms with Crippen LogP contribution in [0.5, 0.6) is 0 Å². The lowest BCUT2D eigenvalue weighted by molar-refractivity contribution is -0.137. The van der Waals surface area contributed by atoms with Gasteiger partial charge in [-0.2, -0.15) is 0 Å². The van der Waals surface area contributed by atoms with Crippen LogP contribution in [0.25, 0.3) is 0 Å². The molecule has 1 fully saturated rings. The molecule has 1 aromatic carbocycles. The van der Waals surface area contributed by atoms with Crippen LogP contribution < -0.4 is 11.1 Å². The molecular weight excluding hydrogens is 312 g/mol. The monoisotopic (exact) mass is 336 g/mol. The Morgan fingerprint density at radius 2 is 2.22 bits per heavy atom. The normalized spacial score (nSPS) is 20.3. The highest BCUT2D eigenvalue weighted by Gasteiger charge is 2.31. The molecule has 0 heterocycles. The van der Waals surface area contributed by atoms with Gasteiger partial charge in [0.2, 0.25) is 5.91 Å². The molecule has 2 rings (SSSR count). The van der Waals surface area contributed by atoms with Crippen LogP contribution in [-0.2, 0) is 20.1 Å². The molecule has 6 heteroatoms. The van der Waals surface area contributed by atoms with Crippen molar-refractivity contribution in [1.29, 1.82) is 0 Å². The maximum absolute atomic E-state index is 12.4. The van der Waals surface area contributed by atoms with E-state index >= 15 is 0 Å². The topological polar surface area (TPSA) is 81.4 Å². The number of amides is 1. The Bertz CT molecular complexity index is 550. The van der Waals surface area contributed by atoms with Gasteiger partial charge in [0.1, 0.15) is 0 Å². The molecule has 126 valence electrons. The van der Waals surface area contributed by atoms with Crippen LogP contribution >= 0.6 is 11.8 Å². The van der Waals surface area contributed by atoms with Crippen molar-refractivity contribution in [3.63, 3.8) is 0 Å². The first-order valence-electron chi connectivity index (χ1n) is 7.88. The zero-order valence-electron chi connectivity index (χ0n) is 13.4. The minimum absolute atomic E-state index is 0.0253. The smallest absolute Gasteiger partial charge is 0.315 e. The van der Waals surface area contributed by atoms with Gasteiger partial charge in [0.15, 0.2) is 0 Å². The molecule has 2 atom stereocenters. The van der Waals surface area contributed by atoms with Gasteiger partial charge < -0.3 is 15.8 Å². The fourth-order valence-corrected chi connectivity index (χ4v) is 3.75. The predicted octanol–water partition coefficient (Wildman–Crippen LogP) is 2.41. The number of methoxy groups -OCH3 is 1. The molecular formula is C17H24N2O3S. The lowest BCUT2D eigenvalue weighted by atomic mass is 9.95. The van der Waals surface area contributed by atoms with Gasteiger partial charge in [-0.15, -0.1) is 11.8 Å². The maximum atomic E-state index is 12.4. The van der Waals surface area contributed by atoms with E-state index in [1.54, 1.807) is 0 Å². The average Bonchev–Trinajstić information content (AvgIpc) is 3.03. The fourth-order valence-electron chi connectivity index (χ4n) is 2.95. The molecule has 0 saturated heterocycles. The van der Waals surface area contributed by atoms with Crippen molar-refractivity contribution < 1.29 is 14.3 Å². The quantitative estimate of drug-likeness (QED) is 0.747. The number of anilines is 1. The molecule has 23 heavy (non-hydrogen) atoms. The van der Waals surface area contributed by atoms with Crippen LogP contribution in [0.4, 0.5) is 5.69 Å². The summed E-state index contributed by atoms with van der Waals surface area (Å²) >= 11 is 1.49. The number of rotatable bonds is 7. The van der Waals surface area contributed by atoms with Crippen molar-refractivity contribution in [2.45, 2.75) is 25.0 Å². The van der Waals surface area contributed by atoms with Crippen molar-refractivity contribution in [1.82, 2.24) is 0 Å². The summed E-state index contributed by atoms with van der Waals surface area (Å²) in [7, 11) is 1.39. The molecule has 1 aromatic rings. The highest BCUT2D eigenvalue weighted by atomic mass is 32.2. The fraction of sp³-hybridized carbons (Fsp3) is 0.529. The molecule has 0 aliphatic heterocycles. The van der Waals surface area contributed by atoms with E-state index in [-0.39, 0.29) is 17.8 Å². The number of ether oxygens (including phenoxy) is 1. The first-order valence-corrected chi connectivity index (χ1v) is 9.04. The molecule has 0 bridgehead atoms. The Morgan fingerprint density at radius 3 is 2.96 bits per heavy atom. The third kappa shape index (κ3) is 5.25. The Balaban J connectivity index is 1.89. The maximum Gasteiger partial charge on any atom is 0.315 e. The molecule has 0 radical (unpaired) electrons. The minimum Gasteiger partial charge on any atom is -0.468 e. The van der Waals surface area contributed by atoms with Gasteiger partial charge >= 0.3 is 5.97 Å². The first-order chi connectivity index (χ1) is 11.1. The van der Waals surface area contributed by atoms with Crippen molar-refractivity contribution in [3.05, 3.63) is 29.8 Å². The Labute approximate surface area is 141 Å². The number of thioether (sulfide) groups is 1. The van der Waals surface area contributed by atoms with Gasteiger partial charge in [0.05, 0.1) is 12.9 Å². The number of nitrogens with two attached hydrogens (primary N) is 1. The lowest BCUT2D eigenvalue weighted by Gasteiger charge is -2.17. The summed E-state index contributed by atoms with van der Waals surface area (Å²) in [6.45, 7) is 0.572. The molecule has 1 amide bonds. The van der Waals surface area contributed by atoms with Crippen LogP contribution in [0.2, 0.25) is 0 Å². The van der Waals surface area contributed by atoms with Gasteiger partial charge in [-0.3, -0.25) is 9.59 Å². The summed E-state index contributed by atoms with van der Waals surface area (Å²) in [4.78, 5) is 23.5. The van der Waals surface area contributed by atoms with Crippen molar-refractivity contribution in [2.24, 2.45) is 17.6 Å². The summed E-state index contributed by atoms with van der Waals surface area (Å²) in [5.41, 5.74) is 7.62. The molecule has 1 aliphatic rings. The number of hydrogen-bond donors (Lipinski definition) is 2. The van der Waals surface area contributed by atoms with E-state index in [2.05, 4.69) is 10.1 Å². The van der Waals surface area contributed by atoms with Crippen LogP contribution in [0.1, 0.15) is 24.8 Å². The average molecular weight is 336 g/mol. The standard InChI is InChI=1S/C17H24N2O3S/c1-22-16(20)11-23-10-12-4-2-6-14(8-12)19-17(21)15-7-3-5-13(15)9-18/h2,4,6,8,13,15H,3,5,7,9-11,18H2,1H3,(H,19,21)/t13-,15-/m1/s1. The van der Waals surface area contributed by atoms with Crippen molar-refractivity contribution in [2.75, 3.05) is 24.7 Å². The van der Waals surface area contributed by atoms with E-state index < -0.39 is 0 Å². The minimum atomic E-state index is -0.228. The Morgan fingerprint density at radius 1 is 1.39 bits per heavy atom. The molecule has 5 nitrogen and oxygen atoms in total. The van der Waals surface area contributed by atoms with Crippen molar-refractivity contribution in [3.8, 4) is 0 Å². The van der Waals surface area contributed by atoms with Gasteiger partial charge in [-0.25, -0.2) is 0 Å².